The van der Waals surface area contributed by atoms with Gasteiger partial charge in [0.05, 0.1) is 11.0 Å². The summed E-state index contributed by atoms with van der Waals surface area (Å²) in [4.78, 5) is 17.4. The number of carbonyl (C=O) groups is 1. The van der Waals surface area contributed by atoms with E-state index in [2.05, 4.69) is 20.1 Å². The molecule has 0 unspecified atom stereocenters. The molecule has 4 bridgehead atoms. The first-order valence-corrected chi connectivity index (χ1v) is 10.3. The van der Waals surface area contributed by atoms with E-state index in [1.54, 1.807) is 6.33 Å². The van der Waals surface area contributed by atoms with Gasteiger partial charge in [-0.05, 0) is 86.2 Å². The number of hydrogen-bond acceptors (Lipinski definition) is 4. The largest absolute Gasteiger partial charge is 0.573 e. The summed E-state index contributed by atoms with van der Waals surface area (Å²) in [5.41, 5.74) is -0.335. The minimum atomic E-state index is -4.75. The molecule has 4 saturated carbocycles. The SMILES string of the molecule is O=C(Nc1ccc(OC(F)(F)F)cc1)C12C[C@@H]3C[C@@H](C1)CC(n1cnc(Cl)n1)(C3)C2. The van der Waals surface area contributed by atoms with Gasteiger partial charge in [-0.3, -0.25) is 4.79 Å². The van der Waals surface area contributed by atoms with Crippen LogP contribution in [0.1, 0.15) is 38.5 Å². The van der Waals surface area contributed by atoms with Crippen LogP contribution in [0, 0.1) is 17.3 Å². The van der Waals surface area contributed by atoms with Crippen LogP contribution in [-0.2, 0) is 10.3 Å². The Hall–Kier alpha value is -2.29. The molecule has 1 N–H and O–H groups in total. The first-order chi connectivity index (χ1) is 14.1. The van der Waals surface area contributed by atoms with Crippen molar-refractivity contribution in [2.75, 3.05) is 5.32 Å². The van der Waals surface area contributed by atoms with Crippen LogP contribution in [0.3, 0.4) is 0 Å². The van der Waals surface area contributed by atoms with Crippen LogP contribution in [0.4, 0.5) is 18.9 Å². The Bertz CT molecular complexity index is 961. The second-order valence-electron chi connectivity index (χ2n) is 8.95. The summed E-state index contributed by atoms with van der Waals surface area (Å²) >= 11 is 5.96. The number of benzene rings is 1. The number of ether oxygens (including phenoxy) is 1. The summed E-state index contributed by atoms with van der Waals surface area (Å²) in [6.07, 6.45) is 2.23. The van der Waals surface area contributed by atoms with Crippen LogP contribution in [0.15, 0.2) is 30.6 Å². The van der Waals surface area contributed by atoms with Gasteiger partial charge in [0, 0.05) is 5.69 Å². The van der Waals surface area contributed by atoms with E-state index in [1.165, 1.54) is 24.3 Å². The Balaban J connectivity index is 1.37. The molecule has 4 aliphatic rings. The maximum absolute atomic E-state index is 13.4. The highest BCUT2D eigenvalue weighted by Crippen LogP contribution is 2.64. The smallest absolute Gasteiger partial charge is 0.406 e. The lowest BCUT2D eigenvalue weighted by atomic mass is 9.46. The minimum Gasteiger partial charge on any atom is -0.406 e. The zero-order valence-electron chi connectivity index (χ0n) is 16.0. The summed E-state index contributed by atoms with van der Waals surface area (Å²) in [7, 11) is 0. The van der Waals surface area contributed by atoms with E-state index in [0.29, 0.717) is 23.9 Å². The van der Waals surface area contributed by atoms with Crippen molar-refractivity contribution in [3.05, 3.63) is 35.9 Å². The molecule has 0 aliphatic heterocycles. The Labute approximate surface area is 175 Å². The second-order valence-corrected chi connectivity index (χ2v) is 9.29. The molecule has 160 valence electrons. The van der Waals surface area contributed by atoms with Gasteiger partial charge in [-0.25, -0.2) is 9.67 Å². The van der Waals surface area contributed by atoms with Crippen LogP contribution < -0.4 is 10.1 Å². The van der Waals surface area contributed by atoms with Crippen LogP contribution in [0.5, 0.6) is 5.75 Å². The molecule has 10 heteroatoms. The van der Waals surface area contributed by atoms with Gasteiger partial charge in [0.2, 0.25) is 11.2 Å². The fourth-order valence-corrected chi connectivity index (χ4v) is 6.35. The van der Waals surface area contributed by atoms with Crippen molar-refractivity contribution < 1.29 is 22.7 Å². The van der Waals surface area contributed by atoms with Gasteiger partial charge in [-0.15, -0.1) is 18.3 Å². The molecule has 6 rings (SSSR count). The highest BCUT2D eigenvalue weighted by Gasteiger charge is 2.61. The number of nitrogens with zero attached hydrogens (tertiary/aromatic N) is 3. The monoisotopic (exact) mass is 440 g/mol. The molecule has 2 aromatic rings. The highest BCUT2D eigenvalue weighted by molar-refractivity contribution is 6.28. The summed E-state index contributed by atoms with van der Waals surface area (Å²) < 4.78 is 42.8. The summed E-state index contributed by atoms with van der Waals surface area (Å²) in [6.45, 7) is 0. The van der Waals surface area contributed by atoms with Crippen molar-refractivity contribution in [2.45, 2.75) is 50.4 Å². The Morgan fingerprint density at radius 3 is 2.40 bits per heavy atom. The van der Waals surface area contributed by atoms with E-state index < -0.39 is 11.8 Å². The minimum absolute atomic E-state index is 0.0864. The third-order valence-electron chi connectivity index (χ3n) is 6.81. The quantitative estimate of drug-likeness (QED) is 0.744. The molecular formula is C20H20ClF3N4O2. The first-order valence-electron chi connectivity index (χ1n) is 9.90. The number of rotatable bonds is 4. The van der Waals surface area contributed by atoms with Crippen molar-refractivity contribution in [1.29, 1.82) is 0 Å². The predicted molar refractivity (Wildman–Crippen MR) is 102 cm³/mol. The van der Waals surface area contributed by atoms with Crippen molar-refractivity contribution in [3.8, 4) is 5.75 Å². The van der Waals surface area contributed by atoms with E-state index in [1.807, 2.05) is 4.68 Å². The van der Waals surface area contributed by atoms with Crippen molar-refractivity contribution in [2.24, 2.45) is 17.3 Å². The van der Waals surface area contributed by atoms with Crippen molar-refractivity contribution in [3.63, 3.8) is 0 Å². The molecule has 1 heterocycles. The van der Waals surface area contributed by atoms with Gasteiger partial charge >= 0.3 is 6.36 Å². The van der Waals surface area contributed by atoms with Crippen LogP contribution >= 0.6 is 11.6 Å². The predicted octanol–water partition coefficient (Wildman–Crippen LogP) is 4.76. The molecule has 2 atom stereocenters. The lowest BCUT2D eigenvalue weighted by molar-refractivity contribution is -0.274. The molecule has 1 aromatic heterocycles. The average Bonchev–Trinajstić information content (AvgIpc) is 3.08. The average molecular weight is 441 g/mol. The third kappa shape index (κ3) is 3.42. The molecule has 6 nitrogen and oxygen atoms in total. The molecule has 0 spiro atoms. The van der Waals surface area contributed by atoms with E-state index >= 15 is 0 Å². The van der Waals surface area contributed by atoms with Gasteiger partial charge in [0.1, 0.15) is 12.1 Å². The van der Waals surface area contributed by atoms with Gasteiger partial charge in [0.25, 0.3) is 0 Å². The van der Waals surface area contributed by atoms with E-state index in [-0.39, 0.29) is 22.5 Å². The van der Waals surface area contributed by atoms with Gasteiger partial charge in [-0.1, -0.05) is 0 Å². The van der Waals surface area contributed by atoms with Crippen LogP contribution in [0.25, 0.3) is 0 Å². The van der Waals surface area contributed by atoms with Gasteiger partial charge < -0.3 is 10.1 Å². The standard InChI is InChI=1S/C20H20ClF3N4O2/c21-17-25-11-28(27-17)19-8-12-5-13(9-19)7-18(6-12,10-19)16(29)26-14-1-3-15(4-2-14)30-20(22,23)24/h1-4,11-13H,5-10H2,(H,26,29)/t12-,13-,18?,19?/m0/s1. The van der Waals surface area contributed by atoms with E-state index in [0.717, 1.165) is 32.1 Å². The second kappa shape index (κ2) is 6.60. The Kier molecular flexibility index (Phi) is 4.33. The molecule has 4 fully saturated rings. The topological polar surface area (TPSA) is 69.0 Å². The molecule has 0 radical (unpaired) electrons. The number of amides is 1. The fourth-order valence-electron chi connectivity index (χ4n) is 6.22. The number of anilines is 1. The number of halogens is 4. The number of alkyl halides is 3. The number of nitrogens with one attached hydrogen (secondary N) is 1. The van der Waals surface area contributed by atoms with E-state index in [4.69, 9.17) is 11.6 Å². The Morgan fingerprint density at radius 2 is 1.83 bits per heavy atom. The maximum Gasteiger partial charge on any atom is 0.573 e. The number of hydrogen-bond donors (Lipinski definition) is 1. The number of aromatic nitrogens is 3. The van der Waals surface area contributed by atoms with Crippen LogP contribution in [-0.4, -0.2) is 27.0 Å². The van der Waals surface area contributed by atoms with Gasteiger partial charge in [0.15, 0.2) is 0 Å². The van der Waals surface area contributed by atoms with Crippen molar-refractivity contribution in [1.82, 2.24) is 14.8 Å². The fraction of sp³-hybridized carbons (Fsp3) is 0.550. The van der Waals surface area contributed by atoms with Gasteiger partial charge in [-0.2, -0.15) is 0 Å². The van der Waals surface area contributed by atoms with E-state index in [9.17, 15) is 18.0 Å². The third-order valence-corrected chi connectivity index (χ3v) is 6.98. The lowest BCUT2D eigenvalue weighted by Gasteiger charge is -2.60. The molecular weight excluding hydrogens is 421 g/mol. The molecule has 4 aliphatic carbocycles. The zero-order chi connectivity index (χ0) is 21.1. The summed E-state index contributed by atoms with van der Waals surface area (Å²) in [5, 5.41) is 7.46. The molecule has 30 heavy (non-hydrogen) atoms. The molecule has 1 amide bonds. The summed E-state index contributed by atoms with van der Waals surface area (Å²) in [5.74, 6) is 0.457. The first kappa shape index (κ1) is 19.7. The lowest BCUT2D eigenvalue weighted by Crippen LogP contribution is -2.60. The maximum atomic E-state index is 13.4. The highest BCUT2D eigenvalue weighted by atomic mass is 35.5. The van der Waals surface area contributed by atoms with Crippen molar-refractivity contribution >= 4 is 23.2 Å². The zero-order valence-corrected chi connectivity index (χ0v) is 16.7. The number of carbonyl (C=O) groups excluding carboxylic acids is 1. The van der Waals surface area contributed by atoms with Crippen LogP contribution in [0.2, 0.25) is 5.28 Å². The normalized spacial score (nSPS) is 32.3. The summed E-state index contributed by atoms with van der Waals surface area (Å²) in [6, 6.07) is 5.24. The molecule has 1 aromatic carbocycles. The Morgan fingerprint density at radius 1 is 1.17 bits per heavy atom. The molecule has 0 saturated heterocycles.